The lowest BCUT2D eigenvalue weighted by atomic mass is 10.1. The quantitative estimate of drug-likeness (QED) is 0.704. The molecule has 2 N–H and O–H groups in total. The molecule has 2 aromatic carbocycles. The van der Waals surface area contributed by atoms with Gasteiger partial charge in [-0.2, -0.15) is 0 Å². The molecular weight excluding hydrogens is 434 g/mol. The van der Waals surface area contributed by atoms with Crippen LogP contribution in [-0.2, 0) is 14.8 Å². The van der Waals surface area contributed by atoms with E-state index in [-0.39, 0.29) is 22.2 Å². The minimum atomic E-state index is -4.90. The van der Waals surface area contributed by atoms with Gasteiger partial charge in [0.25, 0.3) is 10.0 Å². The second-order valence-corrected chi connectivity index (χ2v) is 8.21. The molecule has 0 aliphatic carbocycles. The van der Waals surface area contributed by atoms with Crippen LogP contribution >= 0.6 is 0 Å². The molecule has 0 bridgehead atoms. The van der Waals surface area contributed by atoms with E-state index in [4.69, 9.17) is 4.74 Å². The van der Waals surface area contributed by atoms with Crippen LogP contribution in [0.2, 0.25) is 0 Å². The van der Waals surface area contributed by atoms with Crippen LogP contribution in [0.4, 0.5) is 28.0 Å². The second-order valence-electron chi connectivity index (χ2n) is 6.41. The Morgan fingerprint density at radius 1 is 1.20 bits per heavy atom. The molecule has 13 heteroatoms. The molecule has 0 radical (unpaired) electrons. The fourth-order valence-corrected chi connectivity index (χ4v) is 4.69. The molecule has 1 atom stereocenters. The molecule has 2 aromatic rings. The number of carbonyl (C=O) groups is 2. The maximum Gasteiger partial charge on any atom is 0.336 e. The Balaban J connectivity index is 1.58. The summed E-state index contributed by atoms with van der Waals surface area (Å²) in [7, 11) is -4.90. The van der Waals surface area contributed by atoms with Gasteiger partial charge in [-0.1, -0.05) is 0 Å². The Morgan fingerprint density at radius 3 is 2.67 bits per heavy atom. The highest BCUT2D eigenvalue weighted by Crippen LogP contribution is 2.36. The molecule has 2 aliphatic heterocycles. The first-order chi connectivity index (χ1) is 14.1. The standard InChI is InChI=1S/C17H11F4N3O5S/c18-7-3-9(20)14-11(6-29-12(14)4-7)22-13(25)5-24-17(26)23-10-2-1-8(19)15(21)16(10)30(24,27)28/h1-4,11H,5-6H2,(H,22,25)(H,23,26)/t11-/m1/s1. The number of rotatable bonds is 3. The molecule has 4 rings (SSSR count). The SMILES string of the molecule is O=C(CN1C(=O)Nc2ccc(F)c(F)c2S1(=O)=O)N[C@@H]1COc2cc(F)cc(F)c21. The Labute approximate surface area is 166 Å². The zero-order valence-electron chi connectivity index (χ0n) is 14.7. The Bertz CT molecular complexity index is 1200. The molecule has 2 heterocycles. The van der Waals surface area contributed by atoms with E-state index < -0.39 is 68.4 Å². The van der Waals surface area contributed by atoms with Crippen LogP contribution in [0.15, 0.2) is 29.2 Å². The first kappa shape index (κ1) is 19.9. The molecule has 30 heavy (non-hydrogen) atoms. The summed E-state index contributed by atoms with van der Waals surface area (Å²) >= 11 is 0. The minimum absolute atomic E-state index is 0.0188. The van der Waals surface area contributed by atoms with Crippen molar-refractivity contribution in [3.63, 3.8) is 0 Å². The lowest BCUT2D eigenvalue weighted by molar-refractivity contribution is -0.121. The average molecular weight is 445 g/mol. The van der Waals surface area contributed by atoms with Gasteiger partial charge in [-0.05, 0) is 12.1 Å². The number of nitrogens with one attached hydrogen (secondary N) is 2. The topological polar surface area (TPSA) is 105 Å². The van der Waals surface area contributed by atoms with Gasteiger partial charge in [0.15, 0.2) is 11.6 Å². The molecule has 0 spiro atoms. The van der Waals surface area contributed by atoms with Crippen LogP contribution < -0.4 is 15.4 Å². The van der Waals surface area contributed by atoms with Crippen molar-refractivity contribution < 1.29 is 40.3 Å². The lowest BCUT2D eigenvalue weighted by Gasteiger charge is -2.28. The zero-order valence-corrected chi connectivity index (χ0v) is 15.5. The number of anilines is 1. The summed E-state index contributed by atoms with van der Waals surface area (Å²) in [6, 6.07) is 0.673. The number of nitrogens with zero attached hydrogens (tertiary/aromatic N) is 1. The fraction of sp³-hybridized carbons (Fsp3) is 0.176. The van der Waals surface area contributed by atoms with Crippen LogP contribution in [0.1, 0.15) is 11.6 Å². The van der Waals surface area contributed by atoms with Crippen molar-refractivity contribution in [1.82, 2.24) is 9.62 Å². The number of ether oxygens (including phenoxy) is 1. The molecule has 0 aromatic heterocycles. The number of halogens is 4. The largest absolute Gasteiger partial charge is 0.490 e. The third-order valence-corrected chi connectivity index (χ3v) is 6.29. The predicted molar refractivity (Wildman–Crippen MR) is 92.0 cm³/mol. The molecule has 3 amide bonds. The smallest absolute Gasteiger partial charge is 0.336 e. The first-order valence-corrected chi connectivity index (χ1v) is 9.76. The molecule has 0 fully saturated rings. The number of sulfonamides is 1. The predicted octanol–water partition coefficient (Wildman–Crippen LogP) is 2.03. The molecule has 2 aliphatic rings. The molecule has 0 saturated heterocycles. The van der Waals surface area contributed by atoms with E-state index in [1.807, 2.05) is 0 Å². The molecule has 0 unspecified atom stereocenters. The van der Waals surface area contributed by atoms with Gasteiger partial charge in [0.2, 0.25) is 5.91 Å². The van der Waals surface area contributed by atoms with Crippen molar-refractivity contribution >= 4 is 27.6 Å². The van der Waals surface area contributed by atoms with Gasteiger partial charge in [0.1, 0.15) is 35.4 Å². The highest BCUT2D eigenvalue weighted by atomic mass is 32.2. The molecule has 8 nitrogen and oxygen atoms in total. The van der Waals surface area contributed by atoms with Crippen LogP contribution in [0, 0.1) is 23.3 Å². The number of amides is 3. The van der Waals surface area contributed by atoms with E-state index in [0.717, 1.165) is 12.1 Å². The maximum atomic E-state index is 14.1. The van der Waals surface area contributed by atoms with Crippen molar-refractivity contribution in [3.8, 4) is 5.75 Å². The van der Waals surface area contributed by atoms with E-state index in [0.29, 0.717) is 12.1 Å². The van der Waals surface area contributed by atoms with Crippen molar-refractivity contribution in [2.45, 2.75) is 10.9 Å². The summed E-state index contributed by atoms with van der Waals surface area (Å²) in [6.07, 6.45) is 0. The number of fused-ring (bicyclic) bond motifs is 2. The van der Waals surface area contributed by atoms with Gasteiger partial charge in [-0.3, -0.25) is 4.79 Å². The molecule has 0 saturated carbocycles. The fourth-order valence-electron chi connectivity index (χ4n) is 3.20. The average Bonchev–Trinajstić information content (AvgIpc) is 3.04. The second kappa shape index (κ2) is 6.86. The third kappa shape index (κ3) is 3.10. The Hall–Kier alpha value is -3.35. The van der Waals surface area contributed by atoms with E-state index in [1.54, 1.807) is 0 Å². The maximum absolute atomic E-state index is 14.1. The van der Waals surface area contributed by atoms with E-state index in [2.05, 4.69) is 10.6 Å². The molecule has 158 valence electrons. The third-order valence-electron chi connectivity index (χ3n) is 4.50. The zero-order chi connectivity index (χ0) is 21.8. The van der Waals surface area contributed by atoms with Gasteiger partial charge < -0.3 is 15.4 Å². The number of hydrogen-bond donors (Lipinski definition) is 2. The van der Waals surface area contributed by atoms with Crippen LogP contribution in [0.5, 0.6) is 5.75 Å². The van der Waals surface area contributed by atoms with Gasteiger partial charge in [-0.15, -0.1) is 0 Å². The van der Waals surface area contributed by atoms with Gasteiger partial charge in [-0.25, -0.2) is 35.1 Å². The molecular formula is C17H11F4N3O5S. The summed E-state index contributed by atoms with van der Waals surface area (Å²) in [6.45, 7) is -1.36. The lowest BCUT2D eigenvalue weighted by Crippen LogP contribution is -2.49. The van der Waals surface area contributed by atoms with Crippen LogP contribution in [0.3, 0.4) is 0 Å². The number of carbonyl (C=O) groups excluding carboxylic acids is 2. The normalized spacial score (nSPS) is 18.9. The van der Waals surface area contributed by atoms with Crippen molar-refractivity contribution in [1.29, 1.82) is 0 Å². The Morgan fingerprint density at radius 2 is 1.93 bits per heavy atom. The summed E-state index contributed by atoms with van der Waals surface area (Å²) in [4.78, 5) is 23.4. The van der Waals surface area contributed by atoms with Crippen molar-refractivity contribution in [3.05, 3.63) is 53.1 Å². The minimum Gasteiger partial charge on any atom is -0.490 e. The number of urea groups is 1. The highest BCUT2D eigenvalue weighted by molar-refractivity contribution is 7.90. The van der Waals surface area contributed by atoms with Crippen molar-refractivity contribution in [2.24, 2.45) is 0 Å². The summed E-state index contributed by atoms with van der Waals surface area (Å²) in [5, 5.41) is 4.33. The van der Waals surface area contributed by atoms with E-state index in [1.165, 1.54) is 0 Å². The van der Waals surface area contributed by atoms with Gasteiger partial charge >= 0.3 is 6.03 Å². The summed E-state index contributed by atoms with van der Waals surface area (Å²) < 4.78 is 85.2. The van der Waals surface area contributed by atoms with Gasteiger partial charge in [0, 0.05) is 12.1 Å². The van der Waals surface area contributed by atoms with Gasteiger partial charge in [0.05, 0.1) is 17.3 Å². The monoisotopic (exact) mass is 445 g/mol. The summed E-state index contributed by atoms with van der Waals surface area (Å²) in [5.41, 5.74) is -0.619. The van der Waals surface area contributed by atoms with Crippen molar-refractivity contribution in [2.75, 3.05) is 18.5 Å². The van der Waals surface area contributed by atoms with E-state index >= 15 is 0 Å². The van der Waals surface area contributed by atoms with Crippen LogP contribution in [0.25, 0.3) is 0 Å². The first-order valence-electron chi connectivity index (χ1n) is 8.32. The van der Waals surface area contributed by atoms with E-state index in [9.17, 15) is 35.6 Å². The number of hydrogen-bond acceptors (Lipinski definition) is 5. The summed E-state index contributed by atoms with van der Waals surface area (Å²) in [5.74, 6) is -6.22. The van der Waals surface area contributed by atoms with Crippen LogP contribution in [-0.4, -0.2) is 37.8 Å². The number of benzene rings is 2. The Kier molecular flexibility index (Phi) is 4.56. The highest BCUT2D eigenvalue weighted by Gasteiger charge is 2.41.